The standard InChI is InChI=1S/C13H19N3O2/c14-11-6-2-3-7-12(11)18-10-13(17)15-16-8-4-1-5-9-16/h2-3,6-7H,1,4-5,8-10,14H2,(H,15,17). The number of rotatable bonds is 4. The summed E-state index contributed by atoms with van der Waals surface area (Å²) in [6.07, 6.45) is 3.50. The van der Waals surface area contributed by atoms with Gasteiger partial charge in [0.05, 0.1) is 5.69 Å². The second-order valence-electron chi connectivity index (χ2n) is 4.41. The highest BCUT2D eigenvalue weighted by atomic mass is 16.5. The summed E-state index contributed by atoms with van der Waals surface area (Å²) >= 11 is 0. The third-order valence-electron chi connectivity index (χ3n) is 2.92. The number of hydrazine groups is 1. The van der Waals surface area contributed by atoms with E-state index < -0.39 is 0 Å². The summed E-state index contributed by atoms with van der Waals surface area (Å²) in [6.45, 7) is 1.82. The minimum Gasteiger partial charge on any atom is -0.482 e. The van der Waals surface area contributed by atoms with Gasteiger partial charge in [-0.25, -0.2) is 5.01 Å². The van der Waals surface area contributed by atoms with Gasteiger partial charge in [-0.05, 0) is 25.0 Å². The van der Waals surface area contributed by atoms with Crippen LogP contribution >= 0.6 is 0 Å². The van der Waals surface area contributed by atoms with Crippen molar-refractivity contribution in [3.05, 3.63) is 24.3 Å². The molecule has 1 saturated heterocycles. The van der Waals surface area contributed by atoms with E-state index in [-0.39, 0.29) is 12.5 Å². The number of nitrogens with two attached hydrogens (primary N) is 1. The molecule has 1 fully saturated rings. The number of piperidine rings is 1. The Balaban J connectivity index is 1.76. The molecule has 5 nitrogen and oxygen atoms in total. The lowest BCUT2D eigenvalue weighted by molar-refractivity contribution is -0.128. The number of hydrogen-bond acceptors (Lipinski definition) is 4. The van der Waals surface area contributed by atoms with E-state index in [4.69, 9.17) is 10.5 Å². The summed E-state index contributed by atoms with van der Waals surface area (Å²) in [5.41, 5.74) is 9.11. The van der Waals surface area contributed by atoms with E-state index in [1.54, 1.807) is 12.1 Å². The molecule has 0 bridgehead atoms. The Labute approximate surface area is 107 Å². The second-order valence-corrected chi connectivity index (χ2v) is 4.41. The highest BCUT2D eigenvalue weighted by Crippen LogP contribution is 2.19. The molecule has 0 unspecified atom stereocenters. The molecule has 5 heteroatoms. The summed E-state index contributed by atoms with van der Waals surface area (Å²) in [6, 6.07) is 7.16. The number of ether oxygens (including phenoxy) is 1. The first-order valence-corrected chi connectivity index (χ1v) is 6.27. The third kappa shape index (κ3) is 3.63. The first-order valence-electron chi connectivity index (χ1n) is 6.27. The molecule has 1 aliphatic heterocycles. The van der Waals surface area contributed by atoms with Crippen molar-refractivity contribution < 1.29 is 9.53 Å². The van der Waals surface area contributed by atoms with Gasteiger partial charge in [-0.15, -0.1) is 0 Å². The van der Waals surface area contributed by atoms with Crippen LogP contribution < -0.4 is 15.9 Å². The van der Waals surface area contributed by atoms with E-state index in [0.29, 0.717) is 11.4 Å². The lowest BCUT2D eigenvalue weighted by Gasteiger charge is -2.26. The van der Waals surface area contributed by atoms with Crippen LogP contribution in [-0.4, -0.2) is 30.6 Å². The Bertz CT molecular complexity index is 403. The number of carbonyl (C=O) groups is 1. The third-order valence-corrected chi connectivity index (χ3v) is 2.92. The molecular formula is C13H19N3O2. The van der Waals surface area contributed by atoms with Crippen molar-refractivity contribution in [2.45, 2.75) is 19.3 Å². The van der Waals surface area contributed by atoms with E-state index in [0.717, 1.165) is 25.9 Å². The summed E-state index contributed by atoms with van der Waals surface area (Å²) < 4.78 is 5.38. The van der Waals surface area contributed by atoms with Crippen LogP contribution in [0.4, 0.5) is 5.69 Å². The van der Waals surface area contributed by atoms with E-state index in [9.17, 15) is 4.79 Å². The number of nitrogen functional groups attached to an aromatic ring is 1. The molecule has 0 spiro atoms. The summed E-state index contributed by atoms with van der Waals surface area (Å²) in [4.78, 5) is 11.7. The number of nitrogens with one attached hydrogen (secondary N) is 1. The SMILES string of the molecule is Nc1ccccc1OCC(=O)NN1CCCCC1. The number of hydrogen-bond donors (Lipinski definition) is 2. The lowest BCUT2D eigenvalue weighted by atomic mass is 10.2. The van der Waals surface area contributed by atoms with Crippen LogP contribution in [0, 0.1) is 0 Å². The summed E-state index contributed by atoms with van der Waals surface area (Å²) in [5.74, 6) is 0.409. The molecule has 0 aliphatic carbocycles. The average molecular weight is 249 g/mol. The molecule has 0 saturated carbocycles. The van der Waals surface area contributed by atoms with Gasteiger partial charge in [-0.3, -0.25) is 10.2 Å². The van der Waals surface area contributed by atoms with Gasteiger partial charge in [0.1, 0.15) is 5.75 Å². The fourth-order valence-electron chi connectivity index (χ4n) is 1.97. The maximum Gasteiger partial charge on any atom is 0.272 e. The molecule has 0 aromatic heterocycles. The predicted molar refractivity (Wildman–Crippen MR) is 69.9 cm³/mol. The maximum atomic E-state index is 11.7. The van der Waals surface area contributed by atoms with E-state index >= 15 is 0 Å². The van der Waals surface area contributed by atoms with Crippen LogP contribution in [0.25, 0.3) is 0 Å². The van der Waals surface area contributed by atoms with Crippen molar-refractivity contribution in [3.8, 4) is 5.75 Å². The van der Waals surface area contributed by atoms with Crippen LogP contribution in [0.1, 0.15) is 19.3 Å². The molecule has 2 rings (SSSR count). The van der Waals surface area contributed by atoms with Crippen LogP contribution in [-0.2, 0) is 4.79 Å². The zero-order valence-electron chi connectivity index (χ0n) is 10.4. The number of carbonyl (C=O) groups excluding carboxylic acids is 1. The van der Waals surface area contributed by atoms with Crippen molar-refractivity contribution in [1.29, 1.82) is 0 Å². The largest absolute Gasteiger partial charge is 0.482 e. The highest BCUT2D eigenvalue weighted by Gasteiger charge is 2.13. The fraction of sp³-hybridized carbons (Fsp3) is 0.462. The molecule has 1 amide bonds. The van der Waals surface area contributed by atoms with Crippen molar-refractivity contribution in [2.24, 2.45) is 0 Å². The van der Waals surface area contributed by atoms with E-state index in [1.165, 1.54) is 6.42 Å². The van der Waals surface area contributed by atoms with E-state index in [2.05, 4.69) is 5.43 Å². The Kier molecular flexibility index (Phi) is 4.41. The van der Waals surface area contributed by atoms with Gasteiger partial charge >= 0.3 is 0 Å². The quantitative estimate of drug-likeness (QED) is 0.786. The van der Waals surface area contributed by atoms with Gasteiger partial charge in [0, 0.05) is 13.1 Å². The molecule has 3 N–H and O–H groups in total. The Morgan fingerprint density at radius 3 is 2.72 bits per heavy atom. The van der Waals surface area contributed by atoms with Crippen molar-refractivity contribution in [1.82, 2.24) is 10.4 Å². The number of nitrogens with zero attached hydrogens (tertiary/aromatic N) is 1. The minimum absolute atomic E-state index is 0.00921. The average Bonchev–Trinajstić information content (AvgIpc) is 2.39. The monoisotopic (exact) mass is 249 g/mol. The Morgan fingerprint density at radius 1 is 1.28 bits per heavy atom. The number of amides is 1. The van der Waals surface area contributed by atoms with Crippen LogP contribution in [0.5, 0.6) is 5.75 Å². The molecule has 1 heterocycles. The molecule has 1 aliphatic rings. The fourth-order valence-corrected chi connectivity index (χ4v) is 1.97. The smallest absolute Gasteiger partial charge is 0.272 e. The molecule has 0 radical (unpaired) electrons. The van der Waals surface area contributed by atoms with Gasteiger partial charge in [-0.2, -0.15) is 0 Å². The topological polar surface area (TPSA) is 67.6 Å². The molecule has 1 aromatic rings. The molecular weight excluding hydrogens is 230 g/mol. The van der Waals surface area contributed by atoms with Gasteiger partial charge in [0.25, 0.3) is 5.91 Å². The molecule has 0 atom stereocenters. The number of anilines is 1. The van der Waals surface area contributed by atoms with E-state index in [1.807, 2.05) is 17.1 Å². The van der Waals surface area contributed by atoms with Crippen molar-refractivity contribution >= 4 is 11.6 Å². The Morgan fingerprint density at radius 2 is 2.00 bits per heavy atom. The molecule has 98 valence electrons. The van der Waals surface area contributed by atoms with Gasteiger partial charge in [0.2, 0.25) is 0 Å². The van der Waals surface area contributed by atoms with Crippen molar-refractivity contribution in [2.75, 3.05) is 25.4 Å². The maximum absolute atomic E-state index is 11.7. The molecule has 18 heavy (non-hydrogen) atoms. The van der Waals surface area contributed by atoms with Crippen LogP contribution in [0.2, 0.25) is 0 Å². The first kappa shape index (κ1) is 12.7. The zero-order valence-corrected chi connectivity index (χ0v) is 10.4. The van der Waals surface area contributed by atoms with Crippen molar-refractivity contribution in [3.63, 3.8) is 0 Å². The highest BCUT2D eigenvalue weighted by molar-refractivity contribution is 5.77. The normalized spacial score (nSPS) is 16.2. The Hall–Kier alpha value is -1.75. The van der Waals surface area contributed by atoms with Gasteiger partial charge < -0.3 is 10.5 Å². The zero-order chi connectivity index (χ0) is 12.8. The summed E-state index contributed by atoms with van der Waals surface area (Å²) in [7, 11) is 0. The van der Waals surface area contributed by atoms with Gasteiger partial charge in [0.15, 0.2) is 6.61 Å². The van der Waals surface area contributed by atoms with Gasteiger partial charge in [-0.1, -0.05) is 18.6 Å². The summed E-state index contributed by atoms with van der Waals surface area (Å²) in [5, 5.41) is 1.95. The lowest BCUT2D eigenvalue weighted by Crippen LogP contribution is -2.46. The predicted octanol–water partition coefficient (Wildman–Crippen LogP) is 1.16. The number of para-hydroxylation sites is 2. The second kappa shape index (κ2) is 6.26. The van der Waals surface area contributed by atoms with Crippen LogP contribution in [0.3, 0.4) is 0 Å². The molecule has 1 aromatic carbocycles. The minimum atomic E-state index is -0.139. The number of benzene rings is 1. The first-order chi connectivity index (χ1) is 8.75. The van der Waals surface area contributed by atoms with Crippen LogP contribution in [0.15, 0.2) is 24.3 Å².